The number of methoxy groups -OCH3 is 2. The molecule has 0 aliphatic rings. The van der Waals surface area contributed by atoms with Gasteiger partial charge in [-0.1, -0.05) is 12.1 Å². The van der Waals surface area contributed by atoms with Crippen LogP contribution in [0.15, 0.2) is 30.5 Å². The lowest BCUT2D eigenvalue weighted by atomic mass is 10.1. The molecule has 2 rings (SSSR count). The Morgan fingerprint density at radius 1 is 1.24 bits per heavy atom. The van der Waals surface area contributed by atoms with E-state index in [1.807, 2.05) is 24.3 Å². The van der Waals surface area contributed by atoms with Crippen LogP contribution in [-0.2, 0) is 4.74 Å². The summed E-state index contributed by atoms with van der Waals surface area (Å²) >= 11 is 0. The molecule has 2 aromatic rings. The van der Waals surface area contributed by atoms with Gasteiger partial charge in [0.15, 0.2) is 5.69 Å². The molecule has 0 radical (unpaired) electrons. The zero-order valence-electron chi connectivity index (χ0n) is 9.56. The summed E-state index contributed by atoms with van der Waals surface area (Å²) < 4.78 is 9.74. The zero-order valence-corrected chi connectivity index (χ0v) is 9.56. The van der Waals surface area contributed by atoms with Gasteiger partial charge in [0.1, 0.15) is 5.75 Å². The number of esters is 1. The van der Waals surface area contributed by atoms with E-state index in [1.54, 1.807) is 13.3 Å². The number of benzene rings is 1. The molecular weight excluding hydrogens is 220 g/mol. The van der Waals surface area contributed by atoms with Crippen LogP contribution >= 0.6 is 0 Å². The van der Waals surface area contributed by atoms with Gasteiger partial charge in [-0.15, -0.1) is 0 Å². The van der Waals surface area contributed by atoms with E-state index in [4.69, 9.17) is 4.74 Å². The number of aromatic nitrogens is 2. The molecular formula is C12H12N2O3. The van der Waals surface area contributed by atoms with Crippen LogP contribution < -0.4 is 4.74 Å². The third kappa shape index (κ3) is 2.13. The maximum absolute atomic E-state index is 11.5. The van der Waals surface area contributed by atoms with Crippen molar-refractivity contribution in [3.8, 4) is 16.9 Å². The fourth-order valence-corrected chi connectivity index (χ4v) is 1.53. The van der Waals surface area contributed by atoms with Crippen molar-refractivity contribution in [1.82, 2.24) is 10.2 Å². The van der Waals surface area contributed by atoms with Gasteiger partial charge in [-0.25, -0.2) is 4.79 Å². The minimum absolute atomic E-state index is 0.345. The first-order valence-corrected chi connectivity index (χ1v) is 5.02. The molecule has 1 heterocycles. The van der Waals surface area contributed by atoms with E-state index >= 15 is 0 Å². The van der Waals surface area contributed by atoms with Gasteiger partial charge in [-0.05, 0) is 17.7 Å². The van der Waals surface area contributed by atoms with Gasteiger partial charge in [0.05, 0.1) is 20.4 Å². The zero-order chi connectivity index (χ0) is 12.3. The van der Waals surface area contributed by atoms with E-state index in [0.717, 1.165) is 11.3 Å². The lowest BCUT2D eigenvalue weighted by Crippen LogP contribution is -2.03. The van der Waals surface area contributed by atoms with Crippen molar-refractivity contribution in [3.05, 3.63) is 36.2 Å². The van der Waals surface area contributed by atoms with Gasteiger partial charge in [0.2, 0.25) is 0 Å². The second-order valence-corrected chi connectivity index (χ2v) is 3.38. The Labute approximate surface area is 98.4 Å². The number of carbonyl (C=O) groups excluding carboxylic acids is 1. The molecule has 1 N–H and O–H groups in total. The number of ether oxygens (including phenoxy) is 2. The highest BCUT2D eigenvalue weighted by molar-refractivity contribution is 5.95. The monoisotopic (exact) mass is 232 g/mol. The van der Waals surface area contributed by atoms with Gasteiger partial charge in [0, 0.05) is 5.56 Å². The Kier molecular flexibility index (Phi) is 3.09. The summed E-state index contributed by atoms with van der Waals surface area (Å²) in [6, 6.07) is 7.36. The molecule has 0 amide bonds. The standard InChI is InChI=1S/C12H12N2O3/c1-16-9-5-3-8(4-6-9)10-7-13-14-11(10)12(15)17-2/h3-7H,1-2H3,(H,13,14). The Morgan fingerprint density at radius 3 is 2.53 bits per heavy atom. The third-order valence-corrected chi connectivity index (χ3v) is 2.43. The highest BCUT2D eigenvalue weighted by Gasteiger charge is 2.15. The lowest BCUT2D eigenvalue weighted by Gasteiger charge is -2.03. The lowest BCUT2D eigenvalue weighted by molar-refractivity contribution is 0.0595. The number of hydrogen-bond acceptors (Lipinski definition) is 4. The van der Waals surface area contributed by atoms with Gasteiger partial charge >= 0.3 is 5.97 Å². The first kappa shape index (κ1) is 11.2. The summed E-state index contributed by atoms with van der Waals surface area (Å²) in [6.07, 6.45) is 1.59. The van der Waals surface area contributed by atoms with E-state index in [0.29, 0.717) is 11.3 Å². The first-order chi connectivity index (χ1) is 8.26. The summed E-state index contributed by atoms with van der Waals surface area (Å²) in [4.78, 5) is 11.5. The van der Waals surface area contributed by atoms with Crippen molar-refractivity contribution in [2.45, 2.75) is 0 Å². The second-order valence-electron chi connectivity index (χ2n) is 3.38. The number of rotatable bonds is 3. The molecule has 0 saturated carbocycles. The highest BCUT2D eigenvalue weighted by atomic mass is 16.5. The van der Waals surface area contributed by atoms with Crippen LogP contribution in [0.3, 0.4) is 0 Å². The number of aromatic amines is 1. The Morgan fingerprint density at radius 2 is 1.94 bits per heavy atom. The Bertz CT molecular complexity index is 517. The molecule has 0 atom stereocenters. The average Bonchev–Trinajstić information content (AvgIpc) is 2.87. The Balaban J connectivity index is 2.39. The minimum atomic E-state index is -0.437. The average molecular weight is 232 g/mol. The maximum atomic E-state index is 11.5. The molecule has 17 heavy (non-hydrogen) atoms. The predicted molar refractivity (Wildman–Crippen MR) is 61.9 cm³/mol. The Hall–Kier alpha value is -2.30. The molecule has 0 fully saturated rings. The van der Waals surface area contributed by atoms with Crippen molar-refractivity contribution < 1.29 is 14.3 Å². The number of hydrogen-bond donors (Lipinski definition) is 1. The van der Waals surface area contributed by atoms with Crippen LogP contribution in [0.5, 0.6) is 5.75 Å². The fourth-order valence-electron chi connectivity index (χ4n) is 1.53. The normalized spacial score (nSPS) is 10.0. The minimum Gasteiger partial charge on any atom is -0.497 e. The predicted octanol–water partition coefficient (Wildman–Crippen LogP) is 1.87. The molecule has 1 aromatic carbocycles. The molecule has 0 spiro atoms. The first-order valence-electron chi connectivity index (χ1n) is 5.02. The van der Waals surface area contributed by atoms with E-state index in [1.165, 1.54) is 7.11 Å². The van der Waals surface area contributed by atoms with Crippen LogP contribution in [0, 0.1) is 0 Å². The van der Waals surface area contributed by atoms with Crippen LogP contribution in [0.25, 0.3) is 11.1 Å². The summed E-state index contributed by atoms with van der Waals surface area (Å²) in [5.41, 5.74) is 1.93. The van der Waals surface area contributed by atoms with Crippen molar-refractivity contribution in [1.29, 1.82) is 0 Å². The number of carbonyl (C=O) groups is 1. The van der Waals surface area contributed by atoms with Gasteiger partial charge in [0.25, 0.3) is 0 Å². The molecule has 0 bridgehead atoms. The number of nitrogens with one attached hydrogen (secondary N) is 1. The van der Waals surface area contributed by atoms with Crippen LogP contribution in [0.2, 0.25) is 0 Å². The summed E-state index contributed by atoms with van der Waals surface area (Å²) in [7, 11) is 2.94. The summed E-state index contributed by atoms with van der Waals surface area (Å²) in [5, 5.41) is 6.48. The quantitative estimate of drug-likeness (QED) is 0.820. The number of nitrogens with zero attached hydrogens (tertiary/aromatic N) is 1. The fraction of sp³-hybridized carbons (Fsp3) is 0.167. The van der Waals surface area contributed by atoms with Gasteiger partial charge in [-0.2, -0.15) is 5.10 Å². The van der Waals surface area contributed by atoms with Crippen molar-refractivity contribution >= 4 is 5.97 Å². The summed E-state index contributed by atoms with van der Waals surface area (Å²) in [5.74, 6) is 0.324. The summed E-state index contributed by atoms with van der Waals surface area (Å²) in [6.45, 7) is 0. The third-order valence-electron chi connectivity index (χ3n) is 2.43. The SMILES string of the molecule is COC(=O)c1[nH]ncc1-c1ccc(OC)cc1. The second kappa shape index (κ2) is 4.69. The van der Waals surface area contributed by atoms with Crippen LogP contribution in [-0.4, -0.2) is 30.4 Å². The molecule has 88 valence electrons. The van der Waals surface area contributed by atoms with E-state index < -0.39 is 5.97 Å². The van der Waals surface area contributed by atoms with Gasteiger partial charge in [-0.3, -0.25) is 5.10 Å². The van der Waals surface area contributed by atoms with E-state index in [9.17, 15) is 4.79 Å². The smallest absolute Gasteiger partial charge is 0.356 e. The molecule has 5 nitrogen and oxygen atoms in total. The van der Waals surface area contributed by atoms with Crippen molar-refractivity contribution in [2.75, 3.05) is 14.2 Å². The van der Waals surface area contributed by atoms with E-state index in [2.05, 4.69) is 14.9 Å². The molecule has 0 aliphatic carbocycles. The van der Waals surface area contributed by atoms with Crippen LogP contribution in [0.1, 0.15) is 10.5 Å². The molecule has 1 aromatic heterocycles. The van der Waals surface area contributed by atoms with E-state index in [-0.39, 0.29) is 0 Å². The largest absolute Gasteiger partial charge is 0.497 e. The molecule has 5 heteroatoms. The van der Waals surface area contributed by atoms with Crippen molar-refractivity contribution in [2.24, 2.45) is 0 Å². The number of H-pyrrole nitrogens is 1. The van der Waals surface area contributed by atoms with Crippen molar-refractivity contribution in [3.63, 3.8) is 0 Å². The van der Waals surface area contributed by atoms with Crippen LogP contribution in [0.4, 0.5) is 0 Å². The molecule has 0 aliphatic heterocycles. The van der Waals surface area contributed by atoms with Gasteiger partial charge < -0.3 is 9.47 Å². The highest BCUT2D eigenvalue weighted by Crippen LogP contribution is 2.24. The molecule has 0 saturated heterocycles. The molecule has 0 unspecified atom stereocenters. The topological polar surface area (TPSA) is 64.2 Å². The maximum Gasteiger partial charge on any atom is 0.356 e.